The lowest BCUT2D eigenvalue weighted by molar-refractivity contribution is 0.570. The molecule has 1 fully saturated rings. The van der Waals surface area contributed by atoms with E-state index in [1.54, 1.807) is 0 Å². The Labute approximate surface area is 98.2 Å². The number of nitrogens with one attached hydrogen (secondary N) is 1. The van der Waals surface area contributed by atoms with Crippen LogP contribution in [0.5, 0.6) is 0 Å². The van der Waals surface area contributed by atoms with Gasteiger partial charge in [0.25, 0.3) is 0 Å². The van der Waals surface area contributed by atoms with Gasteiger partial charge < -0.3 is 11.1 Å². The highest BCUT2D eigenvalue weighted by molar-refractivity contribution is 5.30. The molecule has 2 rings (SSSR count). The van der Waals surface area contributed by atoms with Crippen molar-refractivity contribution >= 4 is 0 Å². The Morgan fingerprint density at radius 1 is 1.25 bits per heavy atom. The summed E-state index contributed by atoms with van der Waals surface area (Å²) in [6.45, 7) is 6.33. The zero-order valence-corrected chi connectivity index (χ0v) is 10.3. The first kappa shape index (κ1) is 11.6. The van der Waals surface area contributed by atoms with Crippen molar-refractivity contribution in [2.75, 3.05) is 13.1 Å². The Morgan fingerprint density at radius 2 is 2.00 bits per heavy atom. The van der Waals surface area contributed by atoms with Gasteiger partial charge in [0.05, 0.1) is 0 Å². The fourth-order valence-corrected chi connectivity index (χ4v) is 1.87. The van der Waals surface area contributed by atoms with Crippen LogP contribution in [0.3, 0.4) is 0 Å². The van der Waals surface area contributed by atoms with E-state index in [0.717, 1.165) is 19.5 Å². The smallest absolute Gasteiger partial charge is 0.0282 e. The van der Waals surface area contributed by atoms with Crippen molar-refractivity contribution in [3.63, 3.8) is 0 Å². The second kappa shape index (κ2) is 4.56. The van der Waals surface area contributed by atoms with Crippen LogP contribution in [0.1, 0.15) is 29.5 Å². The molecule has 1 saturated carbocycles. The summed E-state index contributed by atoms with van der Waals surface area (Å²) in [7, 11) is 0. The fourth-order valence-electron chi connectivity index (χ4n) is 1.87. The monoisotopic (exact) mass is 218 g/mol. The van der Waals surface area contributed by atoms with Crippen LogP contribution in [0, 0.1) is 13.8 Å². The average Bonchev–Trinajstić information content (AvgIpc) is 2.97. The number of nitrogens with two attached hydrogens (primary N) is 1. The van der Waals surface area contributed by atoms with Gasteiger partial charge in [-0.25, -0.2) is 0 Å². The summed E-state index contributed by atoms with van der Waals surface area (Å²) >= 11 is 0. The Hall–Kier alpha value is -0.860. The molecule has 0 spiro atoms. The Balaban J connectivity index is 1.74. The Kier molecular flexibility index (Phi) is 3.31. The average molecular weight is 218 g/mol. The third-order valence-electron chi connectivity index (χ3n) is 3.53. The zero-order chi connectivity index (χ0) is 11.6. The summed E-state index contributed by atoms with van der Waals surface area (Å²) in [6.07, 6.45) is 3.46. The second-order valence-corrected chi connectivity index (χ2v) is 5.21. The van der Waals surface area contributed by atoms with E-state index in [-0.39, 0.29) is 5.54 Å². The lowest BCUT2D eigenvalue weighted by Crippen LogP contribution is -2.36. The van der Waals surface area contributed by atoms with Crippen molar-refractivity contribution < 1.29 is 0 Å². The van der Waals surface area contributed by atoms with Crippen molar-refractivity contribution in [3.8, 4) is 0 Å². The van der Waals surface area contributed by atoms with Crippen LogP contribution in [0.25, 0.3) is 0 Å². The number of hydrogen-bond acceptors (Lipinski definition) is 2. The lowest BCUT2D eigenvalue weighted by atomic mass is 10.0. The molecule has 1 aromatic carbocycles. The molecule has 88 valence electrons. The summed E-state index contributed by atoms with van der Waals surface area (Å²) < 4.78 is 0. The number of aryl methyl sites for hydroxylation is 2. The van der Waals surface area contributed by atoms with E-state index in [4.69, 9.17) is 5.73 Å². The molecular weight excluding hydrogens is 196 g/mol. The molecule has 0 amide bonds. The van der Waals surface area contributed by atoms with E-state index in [2.05, 4.69) is 37.4 Å². The van der Waals surface area contributed by atoms with E-state index in [1.807, 2.05) is 0 Å². The summed E-state index contributed by atoms with van der Waals surface area (Å²) in [4.78, 5) is 0. The highest BCUT2D eigenvalue weighted by Gasteiger charge is 2.37. The molecule has 1 aliphatic carbocycles. The molecule has 0 atom stereocenters. The predicted octanol–water partition coefficient (Wildman–Crippen LogP) is 1.93. The molecular formula is C14H22N2. The minimum atomic E-state index is 0.128. The maximum Gasteiger partial charge on any atom is 0.0282 e. The van der Waals surface area contributed by atoms with Crippen LogP contribution >= 0.6 is 0 Å². The SMILES string of the molecule is Cc1ccc(CCNCC2(N)CC2)cc1C. The van der Waals surface area contributed by atoms with Gasteiger partial charge in [0.2, 0.25) is 0 Å². The van der Waals surface area contributed by atoms with Gasteiger partial charge >= 0.3 is 0 Å². The molecule has 0 aromatic heterocycles. The summed E-state index contributed by atoms with van der Waals surface area (Å²) in [5.74, 6) is 0. The third-order valence-corrected chi connectivity index (χ3v) is 3.53. The van der Waals surface area contributed by atoms with Crippen molar-refractivity contribution in [1.82, 2.24) is 5.32 Å². The molecule has 0 radical (unpaired) electrons. The number of rotatable bonds is 5. The summed E-state index contributed by atoms with van der Waals surface area (Å²) in [6, 6.07) is 6.71. The Morgan fingerprint density at radius 3 is 2.62 bits per heavy atom. The predicted molar refractivity (Wildman–Crippen MR) is 68.6 cm³/mol. The van der Waals surface area contributed by atoms with E-state index in [0.29, 0.717) is 0 Å². The van der Waals surface area contributed by atoms with Gasteiger partial charge in [0.15, 0.2) is 0 Å². The molecule has 0 saturated heterocycles. The minimum absolute atomic E-state index is 0.128. The van der Waals surface area contributed by atoms with Gasteiger partial charge in [-0.2, -0.15) is 0 Å². The molecule has 2 nitrogen and oxygen atoms in total. The first-order chi connectivity index (χ1) is 7.59. The molecule has 0 bridgehead atoms. The highest BCUT2D eigenvalue weighted by Crippen LogP contribution is 2.30. The van der Waals surface area contributed by atoms with Crippen molar-refractivity contribution in [2.45, 2.75) is 38.6 Å². The van der Waals surface area contributed by atoms with E-state index < -0.39 is 0 Å². The molecule has 16 heavy (non-hydrogen) atoms. The lowest BCUT2D eigenvalue weighted by Gasteiger charge is -2.10. The van der Waals surface area contributed by atoms with Gasteiger partial charge in [-0.05, 0) is 56.3 Å². The third kappa shape index (κ3) is 3.06. The van der Waals surface area contributed by atoms with Crippen LogP contribution in [-0.2, 0) is 6.42 Å². The maximum absolute atomic E-state index is 6.01. The first-order valence-corrected chi connectivity index (χ1v) is 6.15. The number of benzene rings is 1. The number of hydrogen-bond donors (Lipinski definition) is 2. The molecule has 1 aromatic rings. The topological polar surface area (TPSA) is 38.0 Å². The zero-order valence-electron chi connectivity index (χ0n) is 10.3. The summed E-state index contributed by atoms with van der Waals surface area (Å²) in [5.41, 5.74) is 10.3. The maximum atomic E-state index is 6.01. The fraction of sp³-hybridized carbons (Fsp3) is 0.571. The van der Waals surface area contributed by atoms with Crippen LogP contribution in [0.15, 0.2) is 18.2 Å². The molecule has 0 unspecified atom stereocenters. The van der Waals surface area contributed by atoms with E-state index in [1.165, 1.54) is 29.5 Å². The van der Waals surface area contributed by atoms with Crippen molar-refractivity contribution in [1.29, 1.82) is 0 Å². The standard InChI is InChI=1S/C14H22N2/c1-11-3-4-13(9-12(11)2)5-8-16-10-14(15)6-7-14/h3-4,9,16H,5-8,10,15H2,1-2H3. The molecule has 1 aliphatic rings. The Bertz CT molecular complexity index is 367. The highest BCUT2D eigenvalue weighted by atomic mass is 15.0. The minimum Gasteiger partial charge on any atom is -0.324 e. The first-order valence-electron chi connectivity index (χ1n) is 6.15. The molecule has 0 heterocycles. The van der Waals surface area contributed by atoms with Gasteiger partial charge in [-0.1, -0.05) is 18.2 Å². The van der Waals surface area contributed by atoms with E-state index in [9.17, 15) is 0 Å². The van der Waals surface area contributed by atoms with Crippen molar-refractivity contribution in [3.05, 3.63) is 34.9 Å². The normalized spacial score (nSPS) is 17.4. The molecule has 3 N–H and O–H groups in total. The quantitative estimate of drug-likeness (QED) is 0.741. The van der Waals surface area contributed by atoms with Gasteiger partial charge in [-0.15, -0.1) is 0 Å². The van der Waals surface area contributed by atoms with Crippen LogP contribution in [-0.4, -0.2) is 18.6 Å². The van der Waals surface area contributed by atoms with Gasteiger partial charge in [0, 0.05) is 12.1 Å². The largest absolute Gasteiger partial charge is 0.324 e. The van der Waals surface area contributed by atoms with Crippen LogP contribution in [0.4, 0.5) is 0 Å². The van der Waals surface area contributed by atoms with Gasteiger partial charge in [0.1, 0.15) is 0 Å². The van der Waals surface area contributed by atoms with Crippen molar-refractivity contribution in [2.24, 2.45) is 5.73 Å². The van der Waals surface area contributed by atoms with Crippen LogP contribution < -0.4 is 11.1 Å². The van der Waals surface area contributed by atoms with Gasteiger partial charge in [-0.3, -0.25) is 0 Å². The van der Waals surface area contributed by atoms with E-state index >= 15 is 0 Å². The second-order valence-electron chi connectivity index (χ2n) is 5.21. The van der Waals surface area contributed by atoms with Crippen LogP contribution in [0.2, 0.25) is 0 Å². The molecule has 0 aliphatic heterocycles. The molecule has 2 heteroatoms. The summed E-state index contributed by atoms with van der Waals surface area (Å²) in [5, 5.41) is 3.45.